The van der Waals surface area contributed by atoms with E-state index in [-0.39, 0.29) is 17.2 Å². The van der Waals surface area contributed by atoms with Crippen LogP contribution in [0.3, 0.4) is 0 Å². The van der Waals surface area contributed by atoms with Crippen LogP contribution in [0.25, 0.3) is 0 Å². The Labute approximate surface area is 169 Å². The van der Waals surface area contributed by atoms with E-state index in [1.165, 1.54) is 35.9 Å². The summed E-state index contributed by atoms with van der Waals surface area (Å²) in [4.78, 5) is 12.6. The molecular weight excluding hydrogens is 376 g/mol. The highest BCUT2D eigenvalue weighted by atomic mass is 32.2. The molecule has 1 aromatic heterocycles. The van der Waals surface area contributed by atoms with Gasteiger partial charge >= 0.3 is 0 Å². The molecule has 1 aromatic carbocycles. The topological polar surface area (TPSA) is 66.9 Å². The highest BCUT2D eigenvalue weighted by Gasteiger charge is 2.29. The molecule has 1 saturated carbocycles. The zero-order chi connectivity index (χ0) is 19.4. The molecule has 2 aromatic rings. The van der Waals surface area contributed by atoms with E-state index >= 15 is 0 Å². The van der Waals surface area contributed by atoms with Crippen molar-refractivity contribution in [3.63, 3.8) is 0 Å². The maximum Gasteiger partial charge on any atom is 0.233 e. The van der Waals surface area contributed by atoms with Crippen molar-refractivity contribution in [1.29, 1.82) is 0 Å². The van der Waals surface area contributed by atoms with Gasteiger partial charge in [0.05, 0.1) is 5.25 Å². The number of aryl methyl sites for hydroxylation is 1. The lowest BCUT2D eigenvalue weighted by molar-refractivity contribution is -0.121. The van der Waals surface area contributed by atoms with Crippen LogP contribution < -0.4 is 10.6 Å². The molecule has 0 saturated heterocycles. The minimum absolute atomic E-state index is 0.0922. The second kappa shape index (κ2) is 9.06. The average Bonchev–Trinajstić information content (AvgIpc) is 3.08. The highest BCUT2D eigenvalue weighted by molar-refractivity contribution is 8.02. The molecule has 27 heavy (non-hydrogen) atoms. The molecule has 1 amide bonds. The summed E-state index contributed by atoms with van der Waals surface area (Å²) in [5, 5.41) is 15.5. The molecule has 0 radical (unpaired) electrons. The Balaban J connectivity index is 1.55. The number of carbonyl (C=O) groups is 1. The molecule has 1 heterocycles. The van der Waals surface area contributed by atoms with Crippen molar-refractivity contribution in [2.45, 2.75) is 62.6 Å². The molecule has 2 N–H and O–H groups in total. The number of carbonyl (C=O) groups excluding carboxylic acids is 1. The van der Waals surface area contributed by atoms with Crippen LogP contribution in [0, 0.1) is 18.8 Å². The minimum Gasteiger partial charge on any atom is -0.352 e. The van der Waals surface area contributed by atoms with Gasteiger partial charge in [0.15, 0.2) is 4.34 Å². The summed E-state index contributed by atoms with van der Waals surface area (Å²) in [6.07, 6.45) is 3.54. The zero-order valence-electron chi connectivity index (χ0n) is 16.4. The van der Waals surface area contributed by atoms with Crippen LogP contribution in [0.2, 0.25) is 0 Å². The fourth-order valence-corrected chi connectivity index (χ4v) is 5.34. The van der Waals surface area contributed by atoms with E-state index in [2.05, 4.69) is 47.7 Å². The average molecular weight is 405 g/mol. The number of thioether (sulfide) groups is 1. The van der Waals surface area contributed by atoms with Crippen molar-refractivity contribution in [3.05, 3.63) is 29.8 Å². The number of amides is 1. The summed E-state index contributed by atoms with van der Waals surface area (Å²) < 4.78 is 0.804. The predicted octanol–water partition coefficient (Wildman–Crippen LogP) is 5.01. The Morgan fingerprint density at radius 3 is 2.81 bits per heavy atom. The minimum atomic E-state index is -0.186. The van der Waals surface area contributed by atoms with Crippen molar-refractivity contribution in [3.8, 4) is 0 Å². The quantitative estimate of drug-likeness (QED) is 0.662. The summed E-state index contributed by atoms with van der Waals surface area (Å²) in [5.41, 5.74) is 2.18. The van der Waals surface area contributed by atoms with E-state index in [0.29, 0.717) is 11.8 Å². The fraction of sp³-hybridized carbons (Fsp3) is 0.550. The molecule has 0 bridgehead atoms. The van der Waals surface area contributed by atoms with E-state index in [0.717, 1.165) is 27.1 Å². The smallest absolute Gasteiger partial charge is 0.233 e. The number of nitrogens with zero attached hydrogens (tertiary/aromatic N) is 2. The Hall–Kier alpha value is -1.60. The van der Waals surface area contributed by atoms with E-state index in [1.54, 1.807) is 0 Å². The van der Waals surface area contributed by atoms with Gasteiger partial charge in [-0.25, -0.2) is 0 Å². The first-order valence-corrected chi connectivity index (χ1v) is 11.3. The molecular formula is C20H28N4OS2. The van der Waals surface area contributed by atoms with Crippen LogP contribution in [0.4, 0.5) is 10.8 Å². The third-order valence-corrected chi connectivity index (χ3v) is 7.50. The number of rotatable bonds is 6. The van der Waals surface area contributed by atoms with Gasteiger partial charge in [-0.2, -0.15) is 0 Å². The van der Waals surface area contributed by atoms with Gasteiger partial charge in [-0.15, -0.1) is 10.2 Å². The van der Waals surface area contributed by atoms with Gasteiger partial charge in [-0.1, -0.05) is 68.0 Å². The Morgan fingerprint density at radius 1 is 1.26 bits per heavy atom. The highest BCUT2D eigenvalue weighted by Crippen LogP contribution is 2.32. The molecule has 4 atom stereocenters. The maximum absolute atomic E-state index is 12.6. The van der Waals surface area contributed by atoms with Crippen molar-refractivity contribution in [2.75, 3.05) is 5.32 Å². The van der Waals surface area contributed by atoms with Crippen molar-refractivity contribution in [1.82, 2.24) is 15.5 Å². The molecule has 146 valence electrons. The molecule has 7 heteroatoms. The normalized spacial score (nSPS) is 23.6. The Morgan fingerprint density at radius 2 is 2.04 bits per heavy atom. The molecule has 3 rings (SSSR count). The number of hydrogen-bond acceptors (Lipinski definition) is 6. The van der Waals surface area contributed by atoms with Gasteiger partial charge in [-0.3, -0.25) is 4.79 Å². The number of nitrogens with one attached hydrogen (secondary N) is 2. The van der Waals surface area contributed by atoms with Crippen LogP contribution in [-0.4, -0.2) is 27.4 Å². The lowest BCUT2D eigenvalue weighted by Crippen LogP contribution is -2.46. The van der Waals surface area contributed by atoms with Gasteiger partial charge in [-0.05, 0) is 43.7 Å². The summed E-state index contributed by atoms with van der Waals surface area (Å²) >= 11 is 2.95. The number of para-hydroxylation sites is 1. The van der Waals surface area contributed by atoms with E-state index in [9.17, 15) is 4.79 Å². The summed E-state index contributed by atoms with van der Waals surface area (Å²) in [6, 6.07) is 8.36. The zero-order valence-corrected chi connectivity index (χ0v) is 18.0. The van der Waals surface area contributed by atoms with Crippen LogP contribution in [0.5, 0.6) is 0 Å². The van der Waals surface area contributed by atoms with Gasteiger partial charge in [0, 0.05) is 11.7 Å². The number of anilines is 2. The standard InChI is InChI=1S/C20H28N4OS2/c1-12-9-7-11-17(14(12)3)21-18(25)15(4)26-20-24-23-19(27-20)22-16-10-6-5-8-13(16)2/h5-6,8,10,12,14-15,17H,7,9,11H2,1-4H3,(H,21,25)(H,22,23)/t12-,14+,15-,17+/m1/s1. The molecule has 1 aliphatic carbocycles. The number of hydrogen-bond donors (Lipinski definition) is 2. The molecule has 5 nitrogen and oxygen atoms in total. The van der Waals surface area contributed by atoms with Gasteiger partial charge in [0.25, 0.3) is 0 Å². The third kappa shape index (κ3) is 5.23. The first-order valence-electron chi connectivity index (χ1n) is 9.57. The molecule has 1 aliphatic rings. The van der Waals surface area contributed by atoms with Crippen molar-refractivity contribution >= 4 is 39.8 Å². The summed E-state index contributed by atoms with van der Waals surface area (Å²) in [6.45, 7) is 8.53. The van der Waals surface area contributed by atoms with Crippen molar-refractivity contribution < 1.29 is 4.79 Å². The maximum atomic E-state index is 12.6. The largest absolute Gasteiger partial charge is 0.352 e. The lowest BCUT2D eigenvalue weighted by Gasteiger charge is -2.35. The van der Waals surface area contributed by atoms with E-state index in [4.69, 9.17) is 0 Å². The molecule has 1 fully saturated rings. The monoisotopic (exact) mass is 404 g/mol. The van der Waals surface area contributed by atoms with Crippen molar-refractivity contribution in [2.24, 2.45) is 11.8 Å². The van der Waals surface area contributed by atoms with Crippen LogP contribution in [0.1, 0.15) is 45.6 Å². The molecule has 0 unspecified atom stereocenters. The number of aromatic nitrogens is 2. The van der Waals surface area contributed by atoms with Gasteiger partial charge in [0.1, 0.15) is 0 Å². The summed E-state index contributed by atoms with van der Waals surface area (Å²) in [7, 11) is 0. The fourth-order valence-electron chi connectivity index (χ4n) is 3.43. The third-order valence-electron chi connectivity index (χ3n) is 5.47. The Bertz CT molecular complexity index is 779. The molecule has 0 aliphatic heterocycles. The predicted molar refractivity (Wildman–Crippen MR) is 114 cm³/mol. The van der Waals surface area contributed by atoms with E-state index < -0.39 is 0 Å². The van der Waals surface area contributed by atoms with Crippen LogP contribution in [-0.2, 0) is 4.79 Å². The Kier molecular flexibility index (Phi) is 6.76. The van der Waals surface area contributed by atoms with Gasteiger partial charge < -0.3 is 10.6 Å². The van der Waals surface area contributed by atoms with Crippen LogP contribution >= 0.6 is 23.1 Å². The first kappa shape index (κ1) is 20.1. The second-order valence-electron chi connectivity index (χ2n) is 7.46. The molecule has 0 spiro atoms. The second-order valence-corrected chi connectivity index (χ2v) is 10.0. The summed E-state index contributed by atoms with van der Waals surface area (Å²) in [5.74, 6) is 1.30. The number of benzene rings is 1. The van der Waals surface area contributed by atoms with E-state index in [1.807, 2.05) is 25.1 Å². The SMILES string of the molecule is Cc1ccccc1Nc1nnc(S[C@H](C)C(=O)N[C@H]2CCC[C@@H](C)[C@@H]2C)s1. The van der Waals surface area contributed by atoms with Gasteiger partial charge in [0.2, 0.25) is 11.0 Å². The van der Waals surface area contributed by atoms with Crippen LogP contribution in [0.15, 0.2) is 28.6 Å². The first-order chi connectivity index (χ1) is 12.9. The lowest BCUT2D eigenvalue weighted by atomic mass is 9.78.